The maximum Gasteiger partial charge on any atom is 0.156 e. The summed E-state index contributed by atoms with van der Waals surface area (Å²) < 4.78 is 6.04. The number of amidine groups is 1. The molecular weight excluding hydrogens is 230 g/mol. The summed E-state index contributed by atoms with van der Waals surface area (Å²) in [7, 11) is 2.06. The molecule has 0 radical (unpaired) electrons. The van der Waals surface area contributed by atoms with E-state index in [-0.39, 0.29) is 17.5 Å². The van der Waals surface area contributed by atoms with Crippen molar-refractivity contribution in [1.29, 1.82) is 0 Å². The molecule has 1 aliphatic carbocycles. The van der Waals surface area contributed by atoms with Crippen LogP contribution >= 0.6 is 0 Å². The van der Waals surface area contributed by atoms with Crippen LogP contribution in [-0.4, -0.2) is 47.3 Å². The molecule has 0 aromatic rings. The van der Waals surface area contributed by atoms with Crippen LogP contribution in [0.2, 0.25) is 0 Å². The van der Waals surface area contributed by atoms with Crippen molar-refractivity contribution in [3.63, 3.8) is 0 Å². The Morgan fingerprint density at radius 2 is 2.17 bits per heavy atom. The molecule has 0 aromatic heterocycles. The van der Waals surface area contributed by atoms with Crippen LogP contribution in [0, 0.1) is 0 Å². The SMILES string of the molecule is CC(C(N)=NO)N(C)C1CCOC2(CCCC2)C1. The van der Waals surface area contributed by atoms with Crippen molar-refractivity contribution in [3.8, 4) is 0 Å². The molecule has 1 spiro atoms. The number of hydrogen-bond donors (Lipinski definition) is 2. The van der Waals surface area contributed by atoms with Gasteiger partial charge in [0.15, 0.2) is 5.84 Å². The normalized spacial score (nSPS) is 29.9. The molecule has 5 heteroatoms. The summed E-state index contributed by atoms with van der Waals surface area (Å²) in [6.45, 7) is 2.81. The first-order chi connectivity index (χ1) is 8.58. The van der Waals surface area contributed by atoms with Crippen molar-refractivity contribution in [1.82, 2.24) is 4.90 Å². The molecule has 1 aliphatic heterocycles. The predicted octanol–water partition coefficient (Wildman–Crippen LogP) is 1.54. The summed E-state index contributed by atoms with van der Waals surface area (Å²) in [5.41, 5.74) is 5.81. The maximum absolute atomic E-state index is 8.77. The molecule has 2 rings (SSSR count). The first kappa shape index (κ1) is 13.6. The highest BCUT2D eigenvalue weighted by atomic mass is 16.5. The standard InChI is InChI=1S/C13H25N3O2/c1-10(12(14)15-17)16(2)11-5-8-18-13(9-11)6-3-4-7-13/h10-11,17H,3-9H2,1-2H3,(H2,14,15). The molecule has 3 N–H and O–H groups in total. The molecule has 104 valence electrons. The first-order valence-electron chi connectivity index (χ1n) is 6.91. The minimum atomic E-state index is -0.0310. The Balaban J connectivity index is 2.00. The van der Waals surface area contributed by atoms with Crippen molar-refractivity contribution in [2.75, 3.05) is 13.7 Å². The van der Waals surface area contributed by atoms with Gasteiger partial charge in [0.05, 0.1) is 11.6 Å². The first-order valence-corrected chi connectivity index (χ1v) is 6.91. The maximum atomic E-state index is 8.77. The summed E-state index contributed by atoms with van der Waals surface area (Å²) in [6, 6.07) is 0.434. The summed E-state index contributed by atoms with van der Waals surface area (Å²) in [6.07, 6.45) is 7.05. The Kier molecular flexibility index (Phi) is 4.12. The Morgan fingerprint density at radius 1 is 1.50 bits per heavy atom. The average Bonchev–Trinajstić information content (AvgIpc) is 2.84. The lowest BCUT2D eigenvalue weighted by atomic mass is 9.88. The fourth-order valence-electron chi connectivity index (χ4n) is 3.33. The van der Waals surface area contributed by atoms with Gasteiger partial charge in [-0.2, -0.15) is 0 Å². The van der Waals surface area contributed by atoms with E-state index < -0.39 is 0 Å². The molecule has 1 saturated heterocycles. The van der Waals surface area contributed by atoms with E-state index in [2.05, 4.69) is 17.1 Å². The fraction of sp³-hybridized carbons (Fsp3) is 0.923. The lowest BCUT2D eigenvalue weighted by Gasteiger charge is -2.43. The van der Waals surface area contributed by atoms with E-state index in [4.69, 9.17) is 15.7 Å². The monoisotopic (exact) mass is 255 g/mol. The van der Waals surface area contributed by atoms with Gasteiger partial charge in [-0.25, -0.2) is 0 Å². The number of likely N-dealkylation sites (N-methyl/N-ethyl adjacent to an activating group) is 1. The minimum absolute atomic E-state index is 0.0310. The van der Waals surface area contributed by atoms with Gasteiger partial charge in [0.2, 0.25) is 0 Å². The number of nitrogens with zero attached hydrogens (tertiary/aromatic N) is 2. The Hall–Kier alpha value is -0.810. The van der Waals surface area contributed by atoms with Crippen molar-refractivity contribution in [2.45, 2.75) is 63.1 Å². The van der Waals surface area contributed by atoms with E-state index in [1.807, 2.05) is 6.92 Å². The number of hydrogen-bond acceptors (Lipinski definition) is 4. The second-order valence-corrected chi connectivity index (χ2v) is 5.75. The molecule has 1 heterocycles. The summed E-state index contributed by atoms with van der Waals surface area (Å²) in [5, 5.41) is 11.9. The Bertz CT molecular complexity index is 313. The number of rotatable bonds is 3. The molecule has 18 heavy (non-hydrogen) atoms. The third kappa shape index (κ3) is 2.62. The smallest absolute Gasteiger partial charge is 0.156 e. The molecule has 5 nitrogen and oxygen atoms in total. The van der Waals surface area contributed by atoms with Gasteiger partial charge >= 0.3 is 0 Å². The molecule has 2 fully saturated rings. The second kappa shape index (κ2) is 5.45. The lowest BCUT2D eigenvalue weighted by Crippen LogP contribution is -2.52. The van der Waals surface area contributed by atoms with Crippen molar-refractivity contribution in [3.05, 3.63) is 0 Å². The van der Waals surface area contributed by atoms with Gasteiger partial charge < -0.3 is 15.7 Å². The molecule has 0 amide bonds. The van der Waals surface area contributed by atoms with E-state index in [1.54, 1.807) is 0 Å². The van der Waals surface area contributed by atoms with Gasteiger partial charge in [-0.05, 0) is 39.7 Å². The van der Waals surface area contributed by atoms with Crippen LogP contribution in [0.5, 0.6) is 0 Å². The molecular formula is C13H25N3O2. The topological polar surface area (TPSA) is 71.1 Å². The van der Waals surface area contributed by atoms with Crippen LogP contribution in [0.25, 0.3) is 0 Å². The summed E-state index contributed by atoms with van der Waals surface area (Å²) in [5.74, 6) is 0.282. The van der Waals surface area contributed by atoms with Crippen LogP contribution < -0.4 is 5.73 Å². The van der Waals surface area contributed by atoms with Gasteiger partial charge in [-0.1, -0.05) is 18.0 Å². The quantitative estimate of drug-likeness (QED) is 0.347. The second-order valence-electron chi connectivity index (χ2n) is 5.75. The van der Waals surface area contributed by atoms with Crippen LogP contribution in [0.1, 0.15) is 45.4 Å². The van der Waals surface area contributed by atoms with Crippen LogP contribution in [-0.2, 0) is 4.74 Å². The fourth-order valence-corrected chi connectivity index (χ4v) is 3.33. The van der Waals surface area contributed by atoms with Gasteiger partial charge in [-0.3, -0.25) is 4.90 Å². The van der Waals surface area contributed by atoms with Crippen LogP contribution in [0.3, 0.4) is 0 Å². The minimum Gasteiger partial charge on any atom is -0.409 e. The van der Waals surface area contributed by atoms with Crippen molar-refractivity contribution < 1.29 is 9.94 Å². The molecule has 2 aliphatic rings. The zero-order valence-electron chi connectivity index (χ0n) is 11.4. The highest BCUT2D eigenvalue weighted by molar-refractivity contribution is 5.84. The van der Waals surface area contributed by atoms with Gasteiger partial charge in [-0.15, -0.1) is 0 Å². The highest BCUT2D eigenvalue weighted by Gasteiger charge is 2.41. The van der Waals surface area contributed by atoms with E-state index in [9.17, 15) is 0 Å². The zero-order chi connectivity index (χ0) is 13.2. The Labute approximate surface area is 109 Å². The predicted molar refractivity (Wildman–Crippen MR) is 70.8 cm³/mol. The number of nitrogens with two attached hydrogens (primary N) is 1. The third-order valence-corrected chi connectivity index (χ3v) is 4.71. The lowest BCUT2D eigenvalue weighted by molar-refractivity contribution is -0.100. The summed E-state index contributed by atoms with van der Waals surface area (Å²) in [4.78, 5) is 2.22. The van der Waals surface area contributed by atoms with Crippen LogP contribution in [0.15, 0.2) is 5.16 Å². The number of ether oxygens (including phenoxy) is 1. The van der Waals surface area contributed by atoms with Crippen molar-refractivity contribution >= 4 is 5.84 Å². The van der Waals surface area contributed by atoms with Gasteiger partial charge in [0.1, 0.15) is 0 Å². The molecule has 2 atom stereocenters. The van der Waals surface area contributed by atoms with E-state index in [1.165, 1.54) is 25.7 Å². The van der Waals surface area contributed by atoms with Gasteiger partial charge in [0, 0.05) is 12.6 Å². The van der Waals surface area contributed by atoms with E-state index in [0.717, 1.165) is 19.4 Å². The van der Waals surface area contributed by atoms with Crippen molar-refractivity contribution in [2.24, 2.45) is 10.9 Å². The molecule has 2 unspecified atom stereocenters. The van der Waals surface area contributed by atoms with Gasteiger partial charge in [0.25, 0.3) is 0 Å². The molecule has 0 bridgehead atoms. The molecule has 0 aromatic carbocycles. The van der Waals surface area contributed by atoms with E-state index >= 15 is 0 Å². The highest BCUT2D eigenvalue weighted by Crippen LogP contribution is 2.41. The third-order valence-electron chi connectivity index (χ3n) is 4.71. The zero-order valence-corrected chi connectivity index (χ0v) is 11.4. The average molecular weight is 255 g/mol. The number of oxime groups is 1. The Morgan fingerprint density at radius 3 is 2.78 bits per heavy atom. The van der Waals surface area contributed by atoms with Crippen LogP contribution in [0.4, 0.5) is 0 Å². The summed E-state index contributed by atoms with van der Waals surface area (Å²) >= 11 is 0. The largest absolute Gasteiger partial charge is 0.409 e. The van der Waals surface area contributed by atoms with E-state index in [0.29, 0.717) is 6.04 Å². The molecule has 1 saturated carbocycles.